The van der Waals surface area contributed by atoms with Crippen molar-refractivity contribution in [3.8, 4) is 11.3 Å². The Hall–Kier alpha value is -1.81. The second-order valence-corrected chi connectivity index (χ2v) is 4.08. The molecule has 0 amide bonds. The molecule has 2 heterocycles. The molecular weight excluding hydrogens is 214 g/mol. The van der Waals surface area contributed by atoms with Crippen LogP contribution < -0.4 is 4.90 Å². The molecule has 4 nitrogen and oxygen atoms in total. The van der Waals surface area contributed by atoms with Crippen LogP contribution in [0.15, 0.2) is 36.8 Å². The lowest BCUT2D eigenvalue weighted by atomic mass is 10.1. The molecule has 3 rings (SSSR count). The highest BCUT2D eigenvalue weighted by Gasteiger charge is 2.15. The van der Waals surface area contributed by atoms with Gasteiger partial charge < -0.3 is 14.6 Å². The fraction of sp³-hybridized carbons (Fsp3) is 0.308. The molecule has 1 saturated heterocycles. The SMILES string of the molecule is c1ccc(N2CCOCC2)c(-c2cnc[nH]2)c1. The molecule has 88 valence electrons. The predicted octanol–water partition coefficient (Wildman–Crippen LogP) is 1.91. The molecule has 4 heteroatoms. The molecule has 0 unspecified atom stereocenters. The van der Waals surface area contributed by atoms with Crippen molar-refractivity contribution < 1.29 is 4.74 Å². The molecule has 1 N–H and O–H groups in total. The fourth-order valence-corrected chi connectivity index (χ4v) is 2.18. The van der Waals surface area contributed by atoms with Crippen LogP contribution in [0.4, 0.5) is 5.69 Å². The quantitative estimate of drug-likeness (QED) is 0.855. The van der Waals surface area contributed by atoms with E-state index in [9.17, 15) is 0 Å². The number of morpholine rings is 1. The lowest BCUT2D eigenvalue weighted by Gasteiger charge is -2.30. The number of benzene rings is 1. The Morgan fingerprint density at radius 2 is 2.00 bits per heavy atom. The number of aromatic amines is 1. The van der Waals surface area contributed by atoms with Gasteiger partial charge in [-0.2, -0.15) is 0 Å². The summed E-state index contributed by atoms with van der Waals surface area (Å²) in [6, 6.07) is 8.41. The van der Waals surface area contributed by atoms with Gasteiger partial charge in [0.25, 0.3) is 0 Å². The van der Waals surface area contributed by atoms with Crippen molar-refractivity contribution in [1.29, 1.82) is 0 Å². The highest BCUT2D eigenvalue weighted by molar-refractivity contribution is 5.76. The normalized spacial score (nSPS) is 16.1. The third kappa shape index (κ3) is 2.03. The highest BCUT2D eigenvalue weighted by Crippen LogP contribution is 2.29. The molecular formula is C13H15N3O. The molecule has 0 bridgehead atoms. The van der Waals surface area contributed by atoms with E-state index in [-0.39, 0.29) is 0 Å². The topological polar surface area (TPSA) is 41.1 Å². The molecule has 1 aromatic heterocycles. The first-order chi connectivity index (χ1) is 8.45. The van der Waals surface area contributed by atoms with Crippen molar-refractivity contribution >= 4 is 5.69 Å². The maximum atomic E-state index is 5.39. The Morgan fingerprint density at radius 1 is 1.18 bits per heavy atom. The Kier molecular flexibility index (Phi) is 2.80. The average Bonchev–Trinajstić information content (AvgIpc) is 2.94. The molecule has 1 aliphatic heterocycles. The molecule has 1 fully saturated rings. The summed E-state index contributed by atoms with van der Waals surface area (Å²) in [5, 5.41) is 0. The smallest absolute Gasteiger partial charge is 0.0924 e. The van der Waals surface area contributed by atoms with Crippen molar-refractivity contribution in [2.75, 3.05) is 31.2 Å². The van der Waals surface area contributed by atoms with E-state index in [4.69, 9.17) is 4.74 Å². The van der Waals surface area contributed by atoms with Gasteiger partial charge >= 0.3 is 0 Å². The van der Waals surface area contributed by atoms with Gasteiger partial charge in [0, 0.05) is 24.3 Å². The van der Waals surface area contributed by atoms with Gasteiger partial charge in [-0.1, -0.05) is 18.2 Å². The molecule has 1 aromatic carbocycles. The van der Waals surface area contributed by atoms with Gasteiger partial charge in [0.2, 0.25) is 0 Å². The van der Waals surface area contributed by atoms with E-state index in [1.54, 1.807) is 6.33 Å². The van der Waals surface area contributed by atoms with Gasteiger partial charge in [-0.05, 0) is 6.07 Å². The number of H-pyrrole nitrogens is 1. The standard InChI is InChI=1S/C13H15N3O/c1-2-4-13(16-5-7-17-8-6-16)11(3-1)12-9-14-10-15-12/h1-4,9-10H,5-8H2,(H,14,15). The second-order valence-electron chi connectivity index (χ2n) is 4.08. The predicted molar refractivity (Wildman–Crippen MR) is 67.1 cm³/mol. The summed E-state index contributed by atoms with van der Waals surface area (Å²) in [7, 11) is 0. The van der Waals surface area contributed by atoms with Crippen molar-refractivity contribution in [3.63, 3.8) is 0 Å². The molecule has 0 aliphatic carbocycles. The zero-order valence-corrected chi connectivity index (χ0v) is 9.60. The van der Waals surface area contributed by atoms with Crippen molar-refractivity contribution in [3.05, 3.63) is 36.8 Å². The molecule has 17 heavy (non-hydrogen) atoms. The maximum Gasteiger partial charge on any atom is 0.0924 e. The van der Waals surface area contributed by atoms with Crippen LogP contribution in [0.3, 0.4) is 0 Å². The Labute approximate surface area is 100 Å². The number of nitrogens with zero attached hydrogens (tertiary/aromatic N) is 2. The third-order valence-electron chi connectivity index (χ3n) is 3.04. The van der Waals surface area contributed by atoms with Crippen molar-refractivity contribution in [2.24, 2.45) is 0 Å². The van der Waals surface area contributed by atoms with E-state index in [1.165, 1.54) is 11.3 Å². The van der Waals surface area contributed by atoms with E-state index in [1.807, 2.05) is 6.20 Å². The zero-order chi connectivity index (χ0) is 11.5. The van der Waals surface area contributed by atoms with E-state index < -0.39 is 0 Å². The summed E-state index contributed by atoms with van der Waals surface area (Å²) in [5.74, 6) is 0. The Morgan fingerprint density at radius 3 is 2.76 bits per heavy atom. The molecule has 0 atom stereocenters. The minimum absolute atomic E-state index is 0.803. The summed E-state index contributed by atoms with van der Waals surface area (Å²) in [5.41, 5.74) is 3.51. The number of hydrogen-bond donors (Lipinski definition) is 1. The van der Waals surface area contributed by atoms with Crippen LogP contribution in [0.2, 0.25) is 0 Å². The first-order valence-corrected chi connectivity index (χ1v) is 5.85. The third-order valence-corrected chi connectivity index (χ3v) is 3.04. The summed E-state index contributed by atoms with van der Waals surface area (Å²) in [6.45, 7) is 3.50. The minimum atomic E-state index is 0.803. The monoisotopic (exact) mass is 229 g/mol. The van der Waals surface area contributed by atoms with Crippen LogP contribution >= 0.6 is 0 Å². The molecule has 0 spiro atoms. The van der Waals surface area contributed by atoms with Gasteiger partial charge in [-0.3, -0.25) is 0 Å². The number of para-hydroxylation sites is 1. The van der Waals surface area contributed by atoms with Crippen LogP contribution in [-0.2, 0) is 4.74 Å². The first-order valence-electron chi connectivity index (χ1n) is 5.85. The summed E-state index contributed by atoms with van der Waals surface area (Å²) in [6.07, 6.45) is 3.57. The van der Waals surface area contributed by atoms with Crippen LogP contribution in [0.5, 0.6) is 0 Å². The fourth-order valence-electron chi connectivity index (χ4n) is 2.18. The van der Waals surface area contributed by atoms with Gasteiger partial charge in [0.15, 0.2) is 0 Å². The van der Waals surface area contributed by atoms with Crippen LogP contribution in [0, 0.1) is 0 Å². The molecule has 2 aromatic rings. The first kappa shape index (κ1) is 10.4. The van der Waals surface area contributed by atoms with Crippen molar-refractivity contribution in [2.45, 2.75) is 0 Å². The van der Waals surface area contributed by atoms with E-state index >= 15 is 0 Å². The number of hydrogen-bond acceptors (Lipinski definition) is 3. The Bertz CT molecular complexity index is 475. The molecule has 0 saturated carbocycles. The second kappa shape index (κ2) is 4.59. The zero-order valence-electron chi connectivity index (χ0n) is 9.60. The van der Waals surface area contributed by atoms with E-state index in [0.29, 0.717) is 0 Å². The minimum Gasteiger partial charge on any atom is -0.378 e. The molecule has 0 radical (unpaired) electrons. The van der Waals surface area contributed by atoms with Crippen LogP contribution in [0.1, 0.15) is 0 Å². The van der Waals surface area contributed by atoms with Gasteiger partial charge in [0.05, 0.1) is 31.4 Å². The molecule has 1 aliphatic rings. The van der Waals surface area contributed by atoms with Gasteiger partial charge in [-0.25, -0.2) is 4.98 Å². The number of ether oxygens (including phenoxy) is 1. The number of aromatic nitrogens is 2. The lowest BCUT2D eigenvalue weighted by molar-refractivity contribution is 0.123. The van der Waals surface area contributed by atoms with Crippen LogP contribution in [-0.4, -0.2) is 36.3 Å². The number of nitrogens with one attached hydrogen (secondary N) is 1. The highest BCUT2D eigenvalue weighted by atomic mass is 16.5. The maximum absolute atomic E-state index is 5.39. The average molecular weight is 229 g/mol. The summed E-state index contributed by atoms with van der Waals surface area (Å²) < 4.78 is 5.39. The number of rotatable bonds is 2. The Balaban J connectivity index is 1.98. The summed E-state index contributed by atoms with van der Waals surface area (Å²) >= 11 is 0. The number of imidazole rings is 1. The van der Waals surface area contributed by atoms with E-state index in [2.05, 4.69) is 39.1 Å². The lowest BCUT2D eigenvalue weighted by Crippen LogP contribution is -2.36. The largest absolute Gasteiger partial charge is 0.378 e. The number of anilines is 1. The van der Waals surface area contributed by atoms with Crippen molar-refractivity contribution in [1.82, 2.24) is 9.97 Å². The van der Waals surface area contributed by atoms with Crippen LogP contribution in [0.25, 0.3) is 11.3 Å². The van der Waals surface area contributed by atoms with Gasteiger partial charge in [0.1, 0.15) is 0 Å². The summed E-state index contributed by atoms with van der Waals surface area (Å²) in [4.78, 5) is 9.61. The van der Waals surface area contributed by atoms with Gasteiger partial charge in [-0.15, -0.1) is 0 Å². The van der Waals surface area contributed by atoms with E-state index in [0.717, 1.165) is 32.0 Å².